The van der Waals surface area contributed by atoms with E-state index in [1.807, 2.05) is 48.5 Å². The van der Waals surface area contributed by atoms with Crippen molar-refractivity contribution < 1.29 is 9.90 Å². The molecule has 0 aliphatic carbocycles. The molecule has 3 nitrogen and oxygen atoms in total. The lowest BCUT2D eigenvalue weighted by molar-refractivity contribution is 0.0697. The van der Waals surface area contributed by atoms with Gasteiger partial charge in [-0.15, -0.1) is 11.3 Å². The van der Waals surface area contributed by atoms with Crippen LogP contribution in [0.25, 0.3) is 33.0 Å². The molecule has 0 radical (unpaired) electrons. The maximum absolute atomic E-state index is 11.6. The van der Waals surface area contributed by atoms with Crippen LogP contribution in [0, 0.1) is 0 Å². The number of hydrogen-bond donors (Lipinski definition) is 1. The third-order valence-electron chi connectivity index (χ3n) is 4.17. The minimum atomic E-state index is -0.978. The predicted molar refractivity (Wildman–Crippen MR) is 110 cm³/mol. The van der Waals surface area contributed by atoms with Gasteiger partial charge >= 0.3 is 5.97 Å². The molecule has 0 saturated heterocycles. The molecular formula is C22H14ClNO2S. The molecule has 27 heavy (non-hydrogen) atoms. The van der Waals surface area contributed by atoms with Gasteiger partial charge in [0.25, 0.3) is 0 Å². The summed E-state index contributed by atoms with van der Waals surface area (Å²) in [5.41, 5.74) is 4.49. The number of benzene rings is 2. The average Bonchev–Trinajstić information content (AvgIpc) is 3.19. The normalized spacial score (nSPS) is 10.7. The summed E-state index contributed by atoms with van der Waals surface area (Å²) in [6, 6.07) is 22.5. The van der Waals surface area contributed by atoms with Crippen molar-refractivity contribution in [2.75, 3.05) is 0 Å². The molecule has 2 aromatic carbocycles. The van der Waals surface area contributed by atoms with E-state index in [4.69, 9.17) is 16.6 Å². The quantitative estimate of drug-likeness (QED) is 0.432. The summed E-state index contributed by atoms with van der Waals surface area (Å²) < 4.78 is 0. The van der Waals surface area contributed by atoms with Crippen molar-refractivity contribution in [2.24, 2.45) is 0 Å². The van der Waals surface area contributed by atoms with Gasteiger partial charge in [-0.3, -0.25) is 0 Å². The van der Waals surface area contributed by atoms with E-state index in [-0.39, 0.29) is 5.56 Å². The van der Waals surface area contributed by atoms with Crippen LogP contribution < -0.4 is 0 Å². The Morgan fingerprint density at radius 3 is 2.26 bits per heavy atom. The highest BCUT2D eigenvalue weighted by molar-refractivity contribution is 7.14. The molecule has 2 aromatic heterocycles. The number of pyridine rings is 1. The van der Waals surface area contributed by atoms with E-state index in [2.05, 4.69) is 5.38 Å². The molecule has 0 saturated carbocycles. The first-order chi connectivity index (χ1) is 13.1. The molecule has 5 heteroatoms. The molecule has 0 amide bonds. The largest absolute Gasteiger partial charge is 0.478 e. The highest BCUT2D eigenvalue weighted by atomic mass is 35.5. The Hall–Kier alpha value is -2.95. The summed E-state index contributed by atoms with van der Waals surface area (Å²) in [6.45, 7) is 0. The molecule has 0 bridgehead atoms. The second-order valence-corrected chi connectivity index (χ2v) is 7.35. The zero-order chi connectivity index (χ0) is 18.8. The SMILES string of the molecule is O=C(O)c1cc(-c2ccc(Cl)cc2)nc(-c2cc(-c3ccccc3)cs2)c1. The van der Waals surface area contributed by atoms with Crippen LogP contribution in [0.4, 0.5) is 0 Å². The van der Waals surface area contributed by atoms with Crippen molar-refractivity contribution in [3.05, 3.63) is 88.8 Å². The first-order valence-electron chi connectivity index (χ1n) is 8.26. The van der Waals surface area contributed by atoms with Crippen molar-refractivity contribution >= 4 is 28.9 Å². The number of halogens is 1. The van der Waals surface area contributed by atoms with E-state index in [0.717, 1.165) is 21.6 Å². The van der Waals surface area contributed by atoms with Crippen molar-refractivity contribution in [1.82, 2.24) is 4.98 Å². The third kappa shape index (κ3) is 3.77. The summed E-state index contributed by atoms with van der Waals surface area (Å²) in [5.74, 6) is -0.978. The molecular weight excluding hydrogens is 378 g/mol. The highest BCUT2D eigenvalue weighted by Crippen LogP contribution is 2.33. The lowest BCUT2D eigenvalue weighted by Crippen LogP contribution is -1.99. The van der Waals surface area contributed by atoms with Gasteiger partial charge in [-0.25, -0.2) is 9.78 Å². The Balaban J connectivity index is 1.80. The van der Waals surface area contributed by atoms with E-state index in [1.54, 1.807) is 35.6 Å². The summed E-state index contributed by atoms with van der Waals surface area (Å²) in [7, 11) is 0. The van der Waals surface area contributed by atoms with Gasteiger partial charge in [-0.05, 0) is 46.8 Å². The van der Waals surface area contributed by atoms with Crippen LogP contribution >= 0.6 is 22.9 Å². The zero-order valence-corrected chi connectivity index (χ0v) is 15.7. The molecule has 0 fully saturated rings. The molecule has 0 unspecified atom stereocenters. The van der Waals surface area contributed by atoms with Crippen LogP contribution in [0.5, 0.6) is 0 Å². The van der Waals surface area contributed by atoms with E-state index >= 15 is 0 Å². The van der Waals surface area contributed by atoms with Gasteiger partial charge in [0, 0.05) is 10.6 Å². The monoisotopic (exact) mass is 391 g/mol. The van der Waals surface area contributed by atoms with Crippen LogP contribution in [-0.2, 0) is 0 Å². The van der Waals surface area contributed by atoms with Gasteiger partial charge in [-0.1, -0.05) is 54.1 Å². The van der Waals surface area contributed by atoms with Crippen LogP contribution in [0.2, 0.25) is 5.02 Å². The molecule has 1 N–H and O–H groups in total. The highest BCUT2D eigenvalue weighted by Gasteiger charge is 2.13. The minimum Gasteiger partial charge on any atom is -0.478 e. The summed E-state index contributed by atoms with van der Waals surface area (Å²) in [4.78, 5) is 17.2. The maximum atomic E-state index is 11.6. The Morgan fingerprint density at radius 1 is 0.852 bits per heavy atom. The Bertz CT molecular complexity index is 1100. The first-order valence-corrected chi connectivity index (χ1v) is 9.51. The molecule has 4 rings (SSSR count). The van der Waals surface area contributed by atoms with Gasteiger partial charge < -0.3 is 5.11 Å². The van der Waals surface area contributed by atoms with Crippen LogP contribution in [0.15, 0.2) is 78.2 Å². The predicted octanol–water partition coefficient (Wildman–Crippen LogP) is 6.50. The van der Waals surface area contributed by atoms with E-state index < -0.39 is 5.97 Å². The lowest BCUT2D eigenvalue weighted by atomic mass is 10.1. The number of carboxylic acid groups (broad SMARTS) is 1. The van der Waals surface area contributed by atoms with Gasteiger partial charge in [0.05, 0.1) is 21.8 Å². The van der Waals surface area contributed by atoms with Crippen LogP contribution in [0.3, 0.4) is 0 Å². The van der Waals surface area contributed by atoms with E-state index in [9.17, 15) is 9.90 Å². The lowest BCUT2D eigenvalue weighted by Gasteiger charge is -2.06. The smallest absolute Gasteiger partial charge is 0.335 e. The maximum Gasteiger partial charge on any atom is 0.335 e. The van der Waals surface area contributed by atoms with Crippen molar-refractivity contribution in [2.45, 2.75) is 0 Å². The molecule has 4 aromatic rings. The van der Waals surface area contributed by atoms with E-state index in [0.29, 0.717) is 16.4 Å². The van der Waals surface area contributed by atoms with Crippen molar-refractivity contribution in [3.63, 3.8) is 0 Å². The first kappa shape index (κ1) is 17.5. The van der Waals surface area contributed by atoms with Gasteiger partial charge in [0.15, 0.2) is 0 Å². The van der Waals surface area contributed by atoms with E-state index in [1.165, 1.54) is 0 Å². The fraction of sp³-hybridized carbons (Fsp3) is 0. The van der Waals surface area contributed by atoms with Crippen LogP contribution in [0.1, 0.15) is 10.4 Å². The van der Waals surface area contributed by atoms with Gasteiger partial charge in [-0.2, -0.15) is 0 Å². The molecule has 0 aliphatic rings. The Morgan fingerprint density at radius 2 is 1.56 bits per heavy atom. The van der Waals surface area contributed by atoms with Crippen molar-refractivity contribution in [1.29, 1.82) is 0 Å². The van der Waals surface area contributed by atoms with Gasteiger partial charge in [0.2, 0.25) is 0 Å². The number of rotatable bonds is 4. The number of hydrogen-bond acceptors (Lipinski definition) is 3. The Labute approximate surface area is 165 Å². The average molecular weight is 392 g/mol. The zero-order valence-electron chi connectivity index (χ0n) is 14.1. The molecule has 0 aliphatic heterocycles. The molecule has 0 atom stereocenters. The van der Waals surface area contributed by atoms with Crippen LogP contribution in [-0.4, -0.2) is 16.1 Å². The number of aromatic carboxylic acids is 1. The Kier molecular flexibility index (Phi) is 4.75. The number of carboxylic acids is 1. The van der Waals surface area contributed by atoms with Gasteiger partial charge in [0.1, 0.15) is 0 Å². The van der Waals surface area contributed by atoms with Crippen molar-refractivity contribution in [3.8, 4) is 33.0 Å². The fourth-order valence-corrected chi connectivity index (χ4v) is 3.81. The molecule has 2 heterocycles. The second kappa shape index (κ2) is 7.35. The number of carbonyl (C=O) groups is 1. The number of aromatic nitrogens is 1. The minimum absolute atomic E-state index is 0.208. The standard InChI is InChI=1S/C22H14ClNO2S/c23-18-8-6-15(7-9-18)19-10-16(22(25)26)11-20(24-19)21-12-17(13-27-21)14-4-2-1-3-5-14/h1-13H,(H,25,26). The summed E-state index contributed by atoms with van der Waals surface area (Å²) in [5, 5.41) is 12.2. The molecule has 0 spiro atoms. The summed E-state index contributed by atoms with van der Waals surface area (Å²) in [6.07, 6.45) is 0. The topological polar surface area (TPSA) is 50.2 Å². The third-order valence-corrected chi connectivity index (χ3v) is 5.38. The second-order valence-electron chi connectivity index (χ2n) is 6.00. The molecule has 132 valence electrons. The number of thiophene rings is 1. The number of nitrogens with zero attached hydrogens (tertiary/aromatic N) is 1. The fourth-order valence-electron chi connectivity index (χ4n) is 2.80. The summed E-state index contributed by atoms with van der Waals surface area (Å²) >= 11 is 7.50.